The molecule has 0 spiro atoms. The molecule has 3 aromatic carbocycles. The van der Waals surface area contributed by atoms with Gasteiger partial charge < -0.3 is 0 Å². The molecule has 0 radical (unpaired) electrons. The molecule has 0 heterocycles. The molecule has 3 aromatic rings. The number of hydrogen-bond acceptors (Lipinski definition) is 0. The molecule has 0 aliphatic heterocycles. The van der Waals surface area contributed by atoms with Gasteiger partial charge in [0.05, 0.1) is 0 Å². The molecule has 0 atom stereocenters. The van der Waals surface area contributed by atoms with E-state index in [1.165, 1.54) is 44.5 Å². The lowest BCUT2D eigenvalue weighted by Gasteiger charge is -2.24. The van der Waals surface area contributed by atoms with Crippen molar-refractivity contribution >= 4 is 15.9 Å². The molecule has 0 N–H and O–H groups in total. The van der Waals surface area contributed by atoms with Crippen LogP contribution in [0.4, 0.5) is 0 Å². The van der Waals surface area contributed by atoms with Crippen molar-refractivity contribution in [1.29, 1.82) is 0 Å². The zero-order chi connectivity index (χ0) is 15.8. The van der Waals surface area contributed by atoms with Crippen LogP contribution >= 0.6 is 15.9 Å². The largest absolute Gasteiger partial charge is 0.0619 e. The minimum atomic E-state index is 0.0799. The number of halogens is 1. The molecular weight excluding hydrogens is 344 g/mol. The summed E-state index contributed by atoms with van der Waals surface area (Å²) in [5.41, 5.74) is 11.7. The van der Waals surface area contributed by atoms with Crippen LogP contribution in [0.15, 0.2) is 59.1 Å². The maximum Gasteiger partial charge on any atom is 0.0181 e. The summed E-state index contributed by atoms with van der Waals surface area (Å²) >= 11 is 3.62. The Balaban J connectivity index is 1.84. The molecule has 0 saturated carbocycles. The number of hydrogen-bond donors (Lipinski definition) is 0. The summed E-state index contributed by atoms with van der Waals surface area (Å²) in [6, 6.07) is 20.2. The second-order valence-electron chi connectivity index (χ2n) is 7.16. The molecule has 0 nitrogen and oxygen atoms in total. The van der Waals surface area contributed by atoms with Crippen molar-refractivity contribution in [3.63, 3.8) is 0 Å². The van der Waals surface area contributed by atoms with Crippen LogP contribution in [0.2, 0.25) is 0 Å². The highest BCUT2D eigenvalue weighted by molar-refractivity contribution is 9.10. The minimum absolute atomic E-state index is 0.0799. The Bertz CT molecular complexity index is 979. The van der Waals surface area contributed by atoms with Crippen molar-refractivity contribution in [2.45, 2.75) is 25.7 Å². The fraction of sp³-hybridized carbons (Fsp3) is 0.182. The van der Waals surface area contributed by atoms with Gasteiger partial charge in [-0.3, -0.25) is 0 Å². The molecule has 1 heteroatoms. The van der Waals surface area contributed by atoms with Crippen LogP contribution in [0.3, 0.4) is 0 Å². The second kappa shape index (κ2) is 4.36. The third kappa shape index (κ3) is 1.66. The third-order valence-corrected chi connectivity index (χ3v) is 6.05. The monoisotopic (exact) mass is 360 g/mol. The van der Waals surface area contributed by atoms with Crippen molar-refractivity contribution in [2.75, 3.05) is 0 Å². The Morgan fingerprint density at radius 3 is 2.48 bits per heavy atom. The van der Waals surface area contributed by atoms with Gasteiger partial charge in [0.2, 0.25) is 0 Å². The smallest absolute Gasteiger partial charge is 0.0181 e. The number of rotatable bonds is 0. The molecule has 5 rings (SSSR count). The highest BCUT2D eigenvalue weighted by Gasteiger charge is 2.39. The summed E-state index contributed by atoms with van der Waals surface area (Å²) in [5, 5.41) is 0. The molecule has 0 amide bonds. The highest BCUT2D eigenvalue weighted by Crippen LogP contribution is 2.54. The Morgan fingerprint density at radius 2 is 1.61 bits per heavy atom. The van der Waals surface area contributed by atoms with Crippen molar-refractivity contribution in [3.8, 4) is 22.3 Å². The van der Waals surface area contributed by atoms with Crippen LogP contribution in [-0.2, 0) is 11.8 Å². The lowest BCUT2D eigenvalue weighted by atomic mass is 9.79. The van der Waals surface area contributed by atoms with Crippen molar-refractivity contribution in [3.05, 3.63) is 81.3 Å². The summed E-state index contributed by atoms with van der Waals surface area (Å²) in [6.45, 7) is 4.74. The van der Waals surface area contributed by atoms with Crippen LogP contribution in [0, 0.1) is 0 Å². The van der Waals surface area contributed by atoms with Gasteiger partial charge in [-0.15, -0.1) is 0 Å². The van der Waals surface area contributed by atoms with E-state index in [9.17, 15) is 0 Å². The van der Waals surface area contributed by atoms with Gasteiger partial charge in [0, 0.05) is 9.89 Å². The van der Waals surface area contributed by atoms with Gasteiger partial charge in [-0.25, -0.2) is 0 Å². The Labute approximate surface area is 145 Å². The Morgan fingerprint density at radius 1 is 0.826 bits per heavy atom. The molecule has 0 aromatic heterocycles. The summed E-state index contributed by atoms with van der Waals surface area (Å²) in [4.78, 5) is 0. The first-order valence-corrected chi connectivity index (χ1v) is 8.92. The van der Waals surface area contributed by atoms with E-state index in [1.54, 1.807) is 0 Å². The van der Waals surface area contributed by atoms with E-state index in [1.807, 2.05) is 0 Å². The first-order valence-electron chi connectivity index (χ1n) is 8.12. The molecule has 23 heavy (non-hydrogen) atoms. The van der Waals surface area contributed by atoms with Crippen molar-refractivity contribution in [1.82, 2.24) is 0 Å². The maximum atomic E-state index is 3.62. The highest BCUT2D eigenvalue weighted by atomic mass is 79.9. The van der Waals surface area contributed by atoms with Gasteiger partial charge in [-0.05, 0) is 63.1 Å². The average Bonchev–Trinajstić information content (AvgIpc) is 3.01. The van der Waals surface area contributed by atoms with E-state index in [-0.39, 0.29) is 5.41 Å². The second-order valence-corrected chi connectivity index (χ2v) is 8.08. The quantitative estimate of drug-likeness (QED) is 0.343. The molecule has 2 aliphatic rings. The van der Waals surface area contributed by atoms with Gasteiger partial charge in [-0.2, -0.15) is 0 Å². The van der Waals surface area contributed by atoms with Crippen LogP contribution in [0.25, 0.3) is 22.3 Å². The minimum Gasteiger partial charge on any atom is -0.0619 e. The number of benzene rings is 3. The summed E-state index contributed by atoms with van der Waals surface area (Å²) in [5.74, 6) is 0. The van der Waals surface area contributed by atoms with E-state index < -0.39 is 0 Å². The predicted molar refractivity (Wildman–Crippen MR) is 99.9 cm³/mol. The molecule has 2 aliphatic carbocycles. The van der Waals surface area contributed by atoms with Gasteiger partial charge in [-0.1, -0.05) is 72.2 Å². The standard InChI is InChI=1S/C22H17Br/c1-22(2)20-6-4-3-5-16(20)17-10-9-15-18-12-14(23)8-7-13(18)11-19(15)21(17)22/h3-10,12H,11H2,1-2H3. The van der Waals surface area contributed by atoms with E-state index in [0.717, 1.165) is 10.9 Å². The Hall–Kier alpha value is -1.86. The normalized spacial score (nSPS) is 15.8. The van der Waals surface area contributed by atoms with E-state index in [0.29, 0.717) is 0 Å². The molecule has 0 fully saturated rings. The zero-order valence-electron chi connectivity index (χ0n) is 13.3. The van der Waals surface area contributed by atoms with E-state index >= 15 is 0 Å². The SMILES string of the molecule is CC1(C)c2ccccc2-c2ccc3c(c21)Cc1ccc(Br)cc1-3. The first-order chi connectivity index (χ1) is 11.1. The molecule has 0 bridgehead atoms. The summed E-state index contributed by atoms with van der Waals surface area (Å²) in [6.07, 6.45) is 1.05. The van der Waals surface area contributed by atoms with Crippen LogP contribution < -0.4 is 0 Å². The van der Waals surface area contributed by atoms with Crippen LogP contribution in [0.1, 0.15) is 36.1 Å². The fourth-order valence-corrected chi connectivity index (χ4v) is 4.92. The average molecular weight is 361 g/mol. The zero-order valence-corrected chi connectivity index (χ0v) is 14.9. The van der Waals surface area contributed by atoms with Crippen LogP contribution in [0.5, 0.6) is 0 Å². The maximum absolute atomic E-state index is 3.62. The van der Waals surface area contributed by atoms with E-state index in [2.05, 4.69) is 84.4 Å². The van der Waals surface area contributed by atoms with E-state index in [4.69, 9.17) is 0 Å². The summed E-state index contributed by atoms with van der Waals surface area (Å²) in [7, 11) is 0. The van der Waals surface area contributed by atoms with Crippen molar-refractivity contribution in [2.24, 2.45) is 0 Å². The van der Waals surface area contributed by atoms with Crippen molar-refractivity contribution < 1.29 is 0 Å². The van der Waals surface area contributed by atoms with Crippen LogP contribution in [-0.4, -0.2) is 0 Å². The molecule has 0 unspecified atom stereocenters. The Kier molecular flexibility index (Phi) is 2.57. The molecule has 0 saturated heterocycles. The van der Waals surface area contributed by atoms with Gasteiger partial charge in [0.15, 0.2) is 0 Å². The lowest BCUT2D eigenvalue weighted by Crippen LogP contribution is -2.17. The fourth-order valence-electron chi connectivity index (χ4n) is 4.56. The number of fused-ring (bicyclic) bond motifs is 7. The predicted octanol–water partition coefficient (Wildman–Crippen LogP) is 6.33. The topological polar surface area (TPSA) is 0 Å². The van der Waals surface area contributed by atoms with Gasteiger partial charge >= 0.3 is 0 Å². The molecule has 112 valence electrons. The third-order valence-electron chi connectivity index (χ3n) is 5.56. The lowest BCUT2D eigenvalue weighted by molar-refractivity contribution is 0.654. The summed E-state index contributed by atoms with van der Waals surface area (Å²) < 4.78 is 1.16. The molecular formula is C22H17Br. The van der Waals surface area contributed by atoms with Gasteiger partial charge in [0.25, 0.3) is 0 Å². The van der Waals surface area contributed by atoms with Gasteiger partial charge in [0.1, 0.15) is 0 Å². The first kappa shape index (κ1) is 13.6.